The molecule has 6 nitrogen and oxygen atoms in total. The van der Waals surface area contributed by atoms with E-state index in [1.54, 1.807) is 18.2 Å². The van der Waals surface area contributed by atoms with Gasteiger partial charge < -0.3 is 9.73 Å². The second-order valence-corrected chi connectivity index (χ2v) is 5.39. The van der Waals surface area contributed by atoms with Crippen molar-refractivity contribution in [2.75, 3.05) is 5.32 Å². The summed E-state index contributed by atoms with van der Waals surface area (Å²) >= 11 is 0. The van der Waals surface area contributed by atoms with Gasteiger partial charge in [-0.05, 0) is 24.3 Å². The SMILES string of the molecule is O=C(Cc1oc2ccccc2c2n[nH]c(=O)c1-2)Nc1ccccc1. The molecule has 2 aromatic rings. The van der Waals surface area contributed by atoms with Crippen LogP contribution in [0, 0.1) is 0 Å². The van der Waals surface area contributed by atoms with Crippen molar-refractivity contribution in [2.24, 2.45) is 0 Å². The lowest BCUT2D eigenvalue weighted by Crippen LogP contribution is -2.16. The Bertz CT molecular complexity index is 1050. The number of para-hydroxylation sites is 2. The van der Waals surface area contributed by atoms with Crippen molar-refractivity contribution in [3.05, 3.63) is 70.7 Å². The molecule has 0 saturated heterocycles. The molecule has 0 saturated carbocycles. The van der Waals surface area contributed by atoms with Crippen LogP contribution in [0.2, 0.25) is 0 Å². The molecule has 0 fully saturated rings. The van der Waals surface area contributed by atoms with Crippen molar-refractivity contribution in [2.45, 2.75) is 6.42 Å². The molecule has 0 aliphatic carbocycles. The quantitative estimate of drug-likeness (QED) is 0.608. The summed E-state index contributed by atoms with van der Waals surface area (Å²) in [5, 5.41) is 10.0. The van der Waals surface area contributed by atoms with E-state index in [0.717, 1.165) is 5.39 Å². The number of rotatable bonds is 3. The molecule has 0 aromatic heterocycles. The van der Waals surface area contributed by atoms with E-state index in [1.807, 2.05) is 36.4 Å². The first-order valence-corrected chi connectivity index (χ1v) is 7.46. The molecule has 6 heteroatoms. The van der Waals surface area contributed by atoms with E-state index in [0.29, 0.717) is 28.3 Å². The van der Waals surface area contributed by atoms with Gasteiger partial charge in [-0.1, -0.05) is 30.3 Å². The minimum Gasteiger partial charge on any atom is -0.460 e. The van der Waals surface area contributed by atoms with Crippen molar-refractivity contribution in [3.8, 4) is 11.3 Å². The number of fused-ring (bicyclic) bond motifs is 3. The van der Waals surface area contributed by atoms with Gasteiger partial charge >= 0.3 is 0 Å². The largest absolute Gasteiger partial charge is 0.460 e. The van der Waals surface area contributed by atoms with Crippen molar-refractivity contribution in [3.63, 3.8) is 0 Å². The van der Waals surface area contributed by atoms with Crippen molar-refractivity contribution < 1.29 is 9.21 Å². The van der Waals surface area contributed by atoms with Crippen LogP contribution in [0.3, 0.4) is 0 Å². The van der Waals surface area contributed by atoms with Crippen LogP contribution in [-0.4, -0.2) is 16.1 Å². The Balaban J connectivity index is 1.74. The van der Waals surface area contributed by atoms with Gasteiger partial charge in [0.15, 0.2) is 0 Å². The molecular weight excluding hydrogens is 306 g/mol. The summed E-state index contributed by atoms with van der Waals surface area (Å²) in [5.74, 6) is 0.0398. The number of H-pyrrole nitrogens is 1. The molecule has 4 rings (SSSR count). The predicted octanol–water partition coefficient (Wildman–Crippen LogP) is 2.80. The molecule has 2 aromatic carbocycles. The van der Waals surface area contributed by atoms with E-state index in [2.05, 4.69) is 15.5 Å². The molecule has 0 radical (unpaired) electrons. The van der Waals surface area contributed by atoms with Crippen LogP contribution < -0.4 is 10.9 Å². The fourth-order valence-electron chi connectivity index (χ4n) is 2.71. The first kappa shape index (κ1) is 14.2. The number of carbonyl (C=O) groups is 1. The second kappa shape index (κ2) is 5.66. The standard InChI is InChI=1S/C18H13N3O3/c22-15(19-11-6-2-1-3-7-11)10-14-16-17(20-21-18(16)23)12-8-4-5-9-13(12)24-14/h1-9H,10H2,(H,19,22)(H,21,23). The zero-order valence-corrected chi connectivity index (χ0v) is 12.6. The van der Waals surface area contributed by atoms with E-state index >= 15 is 0 Å². The maximum Gasteiger partial charge on any atom is 0.277 e. The molecule has 0 unspecified atom stereocenters. The highest BCUT2D eigenvalue weighted by atomic mass is 16.3. The van der Waals surface area contributed by atoms with Crippen LogP contribution in [-0.2, 0) is 11.2 Å². The topological polar surface area (TPSA) is 88.0 Å². The number of benzene rings is 2. The van der Waals surface area contributed by atoms with E-state index in [9.17, 15) is 9.59 Å². The number of aromatic nitrogens is 2. The molecule has 2 heterocycles. The Labute approximate surface area is 136 Å². The van der Waals surface area contributed by atoms with Crippen LogP contribution in [0.5, 0.6) is 0 Å². The molecule has 0 bridgehead atoms. The van der Waals surface area contributed by atoms with E-state index in [-0.39, 0.29) is 17.9 Å². The Morgan fingerprint density at radius 3 is 2.67 bits per heavy atom. The minimum atomic E-state index is -0.359. The summed E-state index contributed by atoms with van der Waals surface area (Å²) < 4.78 is 5.80. The highest BCUT2D eigenvalue weighted by Crippen LogP contribution is 2.30. The van der Waals surface area contributed by atoms with Crippen LogP contribution in [0.4, 0.5) is 5.69 Å². The fraction of sp³-hybridized carbons (Fsp3) is 0.0556. The molecule has 24 heavy (non-hydrogen) atoms. The molecule has 2 aliphatic heterocycles. The molecule has 0 atom stereocenters. The average Bonchev–Trinajstić information content (AvgIpc) is 2.98. The smallest absolute Gasteiger partial charge is 0.277 e. The average molecular weight is 319 g/mol. The third-order valence-corrected chi connectivity index (χ3v) is 3.77. The first-order chi connectivity index (χ1) is 11.7. The lowest BCUT2D eigenvalue weighted by atomic mass is 10.1. The van der Waals surface area contributed by atoms with Gasteiger partial charge in [-0.3, -0.25) is 9.59 Å². The maximum absolute atomic E-state index is 12.3. The summed E-state index contributed by atoms with van der Waals surface area (Å²) in [4.78, 5) is 24.4. The van der Waals surface area contributed by atoms with Crippen molar-refractivity contribution >= 4 is 22.6 Å². The minimum absolute atomic E-state index is 0.0506. The highest BCUT2D eigenvalue weighted by molar-refractivity contribution is 5.96. The van der Waals surface area contributed by atoms with E-state index in [4.69, 9.17) is 4.42 Å². The van der Waals surface area contributed by atoms with Gasteiger partial charge in [0.1, 0.15) is 22.6 Å². The number of hydrogen-bond acceptors (Lipinski definition) is 4. The number of nitrogens with one attached hydrogen (secondary N) is 2. The number of anilines is 1. The summed E-state index contributed by atoms with van der Waals surface area (Å²) in [6.45, 7) is 0. The fourth-order valence-corrected chi connectivity index (χ4v) is 2.71. The monoisotopic (exact) mass is 319 g/mol. The summed E-state index contributed by atoms with van der Waals surface area (Å²) in [6.07, 6.45) is -0.0506. The number of aromatic amines is 1. The normalized spacial score (nSPS) is 11.0. The van der Waals surface area contributed by atoms with E-state index < -0.39 is 0 Å². The second-order valence-electron chi connectivity index (χ2n) is 5.39. The Hall–Kier alpha value is -3.41. The zero-order chi connectivity index (χ0) is 16.5. The number of hydrogen-bond donors (Lipinski definition) is 2. The Kier molecular flexibility index (Phi) is 3.35. The number of amides is 1. The predicted molar refractivity (Wildman–Crippen MR) is 90.0 cm³/mol. The van der Waals surface area contributed by atoms with Crippen LogP contribution >= 0.6 is 0 Å². The number of nitrogens with zero attached hydrogens (tertiary/aromatic N) is 1. The highest BCUT2D eigenvalue weighted by Gasteiger charge is 2.23. The van der Waals surface area contributed by atoms with Crippen LogP contribution in [0.25, 0.3) is 22.2 Å². The van der Waals surface area contributed by atoms with Crippen molar-refractivity contribution in [1.29, 1.82) is 0 Å². The zero-order valence-electron chi connectivity index (χ0n) is 12.6. The maximum atomic E-state index is 12.3. The summed E-state index contributed by atoms with van der Waals surface area (Å²) in [7, 11) is 0. The van der Waals surface area contributed by atoms with Gasteiger partial charge in [-0.15, -0.1) is 0 Å². The molecule has 2 N–H and O–H groups in total. The van der Waals surface area contributed by atoms with Gasteiger partial charge in [0.25, 0.3) is 5.56 Å². The van der Waals surface area contributed by atoms with E-state index in [1.165, 1.54) is 0 Å². The Morgan fingerprint density at radius 2 is 1.83 bits per heavy atom. The molecule has 118 valence electrons. The van der Waals surface area contributed by atoms with Gasteiger partial charge in [0.05, 0.1) is 6.42 Å². The third-order valence-electron chi connectivity index (χ3n) is 3.77. The third kappa shape index (κ3) is 2.44. The van der Waals surface area contributed by atoms with Crippen LogP contribution in [0.15, 0.2) is 63.8 Å². The van der Waals surface area contributed by atoms with Gasteiger partial charge in [-0.25, -0.2) is 5.10 Å². The summed E-state index contributed by atoms with van der Waals surface area (Å²) in [6, 6.07) is 16.4. The van der Waals surface area contributed by atoms with Gasteiger partial charge in [0.2, 0.25) is 5.91 Å². The van der Waals surface area contributed by atoms with Gasteiger partial charge in [0, 0.05) is 11.1 Å². The Morgan fingerprint density at radius 1 is 1.08 bits per heavy atom. The summed E-state index contributed by atoms with van der Waals surface area (Å²) in [5.41, 5.74) is 1.75. The molecule has 0 spiro atoms. The molecular formula is C18H13N3O3. The first-order valence-electron chi connectivity index (χ1n) is 7.46. The lowest BCUT2D eigenvalue weighted by molar-refractivity contribution is -0.115. The van der Waals surface area contributed by atoms with Crippen molar-refractivity contribution in [1.82, 2.24) is 10.2 Å². The number of carbonyl (C=O) groups excluding carboxylic acids is 1. The lowest BCUT2D eigenvalue weighted by Gasteiger charge is -2.09. The van der Waals surface area contributed by atoms with Crippen LogP contribution in [0.1, 0.15) is 5.76 Å². The van der Waals surface area contributed by atoms with Gasteiger partial charge in [-0.2, -0.15) is 5.10 Å². The molecule has 1 amide bonds. The molecule has 2 aliphatic rings.